The minimum absolute atomic E-state index is 0.475. The van der Waals surface area contributed by atoms with Crippen molar-refractivity contribution in [3.05, 3.63) is 12.2 Å². The average molecular weight is 309 g/mol. The number of hydrogen-bond acceptors (Lipinski definition) is 1. The van der Waals surface area contributed by atoms with Gasteiger partial charge in [-0.15, -0.1) is 0 Å². The fourth-order valence-electron chi connectivity index (χ4n) is 2.75. The SMILES string of the molecule is CCC/C=C\CCCC(=O)CCCCCCCCCCCC. The van der Waals surface area contributed by atoms with Crippen LogP contribution in [0, 0.1) is 0 Å². The van der Waals surface area contributed by atoms with Crippen molar-refractivity contribution < 1.29 is 4.79 Å². The van der Waals surface area contributed by atoms with Crippen LogP contribution in [0.2, 0.25) is 0 Å². The molecule has 22 heavy (non-hydrogen) atoms. The van der Waals surface area contributed by atoms with E-state index in [1.54, 1.807) is 0 Å². The van der Waals surface area contributed by atoms with Gasteiger partial charge in [0.2, 0.25) is 0 Å². The number of unbranched alkanes of at least 4 members (excludes halogenated alkanes) is 11. The van der Waals surface area contributed by atoms with Crippen LogP contribution in [-0.4, -0.2) is 5.78 Å². The quantitative estimate of drug-likeness (QED) is 0.202. The lowest BCUT2D eigenvalue weighted by atomic mass is 10.0. The lowest BCUT2D eigenvalue weighted by molar-refractivity contribution is -0.119. The van der Waals surface area contributed by atoms with Crippen molar-refractivity contribution in [3.8, 4) is 0 Å². The Hall–Kier alpha value is -0.590. The molecule has 1 nitrogen and oxygen atoms in total. The summed E-state index contributed by atoms with van der Waals surface area (Å²) in [5.74, 6) is 0.475. The third-order valence-corrected chi connectivity index (χ3v) is 4.26. The summed E-state index contributed by atoms with van der Waals surface area (Å²) in [7, 11) is 0. The zero-order chi connectivity index (χ0) is 16.3. The molecule has 0 aliphatic heterocycles. The van der Waals surface area contributed by atoms with Crippen molar-refractivity contribution in [2.75, 3.05) is 0 Å². The number of rotatable bonds is 17. The third-order valence-electron chi connectivity index (χ3n) is 4.26. The maximum atomic E-state index is 11.7. The molecule has 130 valence electrons. The van der Waals surface area contributed by atoms with Crippen LogP contribution in [0.1, 0.15) is 117 Å². The second kappa shape index (κ2) is 18.5. The molecule has 0 saturated heterocycles. The van der Waals surface area contributed by atoms with Crippen LogP contribution in [-0.2, 0) is 4.79 Å². The lowest BCUT2D eigenvalue weighted by Gasteiger charge is -2.02. The van der Waals surface area contributed by atoms with Crippen molar-refractivity contribution in [1.82, 2.24) is 0 Å². The standard InChI is InChI=1S/C21H40O/c1-3-5-7-9-11-12-13-14-16-18-20-21(22)19-17-15-10-8-6-4-2/h8,10H,3-7,9,11-20H2,1-2H3/b10-8-. The van der Waals surface area contributed by atoms with Crippen LogP contribution in [0.5, 0.6) is 0 Å². The van der Waals surface area contributed by atoms with Crippen LogP contribution in [0.15, 0.2) is 12.2 Å². The zero-order valence-corrected chi connectivity index (χ0v) is 15.4. The van der Waals surface area contributed by atoms with Crippen molar-refractivity contribution in [2.45, 2.75) is 117 Å². The van der Waals surface area contributed by atoms with Crippen molar-refractivity contribution in [1.29, 1.82) is 0 Å². The molecule has 0 saturated carbocycles. The van der Waals surface area contributed by atoms with Crippen LogP contribution in [0.3, 0.4) is 0 Å². The van der Waals surface area contributed by atoms with Gasteiger partial charge >= 0.3 is 0 Å². The summed E-state index contributed by atoms with van der Waals surface area (Å²) in [6, 6.07) is 0. The Balaban J connectivity index is 3.18. The number of allylic oxidation sites excluding steroid dienone is 2. The molecule has 0 amide bonds. The Kier molecular flexibility index (Phi) is 18.0. The van der Waals surface area contributed by atoms with Crippen LogP contribution in [0.4, 0.5) is 0 Å². The molecule has 0 aromatic rings. The Morgan fingerprint density at radius 1 is 0.591 bits per heavy atom. The second-order valence-corrected chi connectivity index (χ2v) is 6.62. The van der Waals surface area contributed by atoms with E-state index < -0.39 is 0 Å². The predicted octanol–water partition coefficient (Wildman–Crippen LogP) is 7.39. The average Bonchev–Trinajstić information content (AvgIpc) is 2.52. The maximum absolute atomic E-state index is 11.7. The van der Waals surface area contributed by atoms with Crippen LogP contribution < -0.4 is 0 Å². The van der Waals surface area contributed by atoms with E-state index in [1.807, 2.05) is 0 Å². The highest BCUT2D eigenvalue weighted by Gasteiger charge is 2.01. The molecular formula is C21H40O. The molecule has 0 fully saturated rings. The van der Waals surface area contributed by atoms with Gasteiger partial charge in [0.05, 0.1) is 0 Å². The van der Waals surface area contributed by atoms with Gasteiger partial charge in [-0.2, -0.15) is 0 Å². The molecule has 0 N–H and O–H groups in total. The van der Waals surface area contributed by atoms with Gasteiger partial charge in [0.1, 0.15) is 5.78 Å². The third kappa shape index (κ3) is 17.5. The van der Waals surface area contributed by atoms with Crippen molar-refractivity contribution in [2.24, 2.45) is 0 Å². The van der Waals surface area contributed by atoms with Crippen molar-refractivity contribution >= 4 is 5.78 Å². The monoisotopic (exact) mass is 308 g/mol. The van der Waals surface area contributed by atoms with Crippen LogP contribution >= 0.6 is 0 Å². The van der Waals surface area contributed by atoms with Gasteiger partial charge in [0.15, 0.2) is 0 Å². The first-order chi connectivity index (χ1) is 10.8. The minimum Gasteiger partial charge on any atom is -0.300 e. The maximum Gasteiger partial charge on any atom is 0.132 e. The Morgan fingerprint density at radius 3 is 1.68 bits per heavy atom. The number of carbonyl (C=O) groups excluding carboxylic acids is 1. The molecule has 0 bridgehead atoms. The van der Waals surface area contributed by atoms with Gasteiger partial charge in [-0.05, 0) is 25.7 Å². The predicted molar refractivity (Wildman–Crippen MR) is 99.4 cm³/mol. The smallest absolute Gasteiger partial charge is 0.132 e. The van der Waals surface area contributed by atoms with E-state index in [1.165, 1.54) is 70.6 Å². The number of ketones is 1. The molecule has 0 aromatic carbocycles. The largest absolute Gasteiger partial charge is 0.300 e. The molecule has 0 aliphatic carbocycles. The molecule has 0 atom stereocenters. The molecule has 0 unspecified atom stereocenters. The van der Waals surface area contributed by atoms with E-state index in [4.69, 9.17) is 0 Å². The van der Waals surface area contributed by atoms with Gasteiger partial charge in [-0.1, -0.05) is 90.2 Å². The van der Waals surface area contributed by atoms with Gasteiger partial charge in [-0.25, -0.2) is 0 Å². The number of hydrogen-bond donors (Lipinski definition) is 0. The van der Waals surface area contributed by atoms with Gasteiger partial charge in [0, 0.05) is 12.8 Å². The Morgan fingerprint density at radius 2 is 1.09 bits per heavy atom. The summed E-state index contributed by atoms with van der Waals surface area (Å²) in [5.41, 5.74) is 0. The van der Waals surface area contributed by atoms with E-state index >= 15 is 0 Å². The molecule has 0 heterocycles. The fraction of sp³-hybridized carbons (Fsp3) is 0.857. The van der Waals surface area contributed by atoms with Crippen molar-refractivity contribution in [3.63, 3.8) is 0 Å². The van der Waals surface area contributed by atoms with Gasteiger partial charge in [0.25, 0.3) is 0 Å². The van der Waals surface area contributed by atoms with E-state index in [0.29, 0.717) is 5.78 Å². The highest BCUT2D eigenvalue weighted by Crippen LogP contribution is 2.12. The zero-order valence-electron chi connectivity index (χ0n) is 15.4. The molecule has 0 radical (unpaired) electrons. The molecule has 0 spiro atoms. The molecule has 1 heteroatoms. The first-order valence-corrected chi connectivity index (χ1v) is 9.98. The van der Waals surface area contributed by atoms with E-state index in [-0.39, 0.29) is 0 Å². The Bertz CT molecular complexity index is 255. The summed E-state index contributed by atoms with van der Waals surface area (Å²) in [6.07, 6.45) is 24.0. The molecular weight excluding hydrogens is 268 g/mol. The summed E-state index contributed by atoms with van der Waals surface area (Å²) in [5, 5.41) is 0. The van der Waals surface area contributed by atoms with E-state index in [0.717, 1.165) is 32.1 Å². The highest BCUT2D eigenvalue weighted by atomic mass is 16.1. The molecule has 0 aromatic heterocycles. The summed E-state index contributed by atoms with van der Waals surface area (Å²) in [4.78, 5) is 11.7. The number of Topliss-reactive ketones (excluding diaryl/α,β-unsaturated/α-hetero) is 1. The minimum atomic E-state index is 0.475. The topological polar surface area (TPSA) is 17.1 Å². The van der Waals surface area contributed by atoms with E-state index in [2.05, 4.69) is 26.0 Å². The van der Waals surface area contributed by atoms with Gasteiger partial charge < -0.3 is 0 Å². The first-order valence-electron chi connectivity index (χ1n) is 9.98. The first kappa shape index (κ1) is 21.4. The molecule has 0 rings (SSSR count). The number of carbonyl (C=O) groups is 1. The van der Waals surface area contributed by atoms with Crippen LogP contribution in [0.25, 0.3) is 0 Å². The lowest BCUT2D eigenvalue weighted by Crippen LogP contribution is -1.97. The summed E-state index contributed by atoms with van der Waals surface area (Å²) >= 11 is 0. The van der Waals surface area contributed by atoms with Gasteiger partial charge in [-0.3, -0.25) is 4.79 Å². The normalized spacial score (nSPS) is 11.4. The Labute approximate surface area is 140 Å². The summed E-state index contributed by atoms with van der Waals surface area (Å²) in [6.45, 7) is 4.46. The summed E-state index contributed by atoms with van der Waals surface area (Å²) < 4.78 is 0. The molecule has 0 aliphatic rings. The second-order valence-electron chi connectivity index (χ2n) is 6.62. The highest BCUT2D eigenvalue weighted by molar-refractivity contribution is 5.78. The fourth-order valence-corrected chi connectivity index (χ4v) is 2.75. The van der Waals surface area contributed by atoms with E-state index in [9.17, 15) is 4.79 Å².